The Morgan fingerprint density at radius 3 is 2.64 bits per heavy atom. The minimum absolute atomic E-state index is 0.0759. The third kappa shape index (κ3) is 3.00. The first kappa shape index (κ1) is 18.0. The van der Waals surface area contributed by atoms with E-state index >= 15 is 0 Å². The van der Waals surface area contributed by atoms with E-state index < -0.39 is 0 Å². The molecule has 3 aliphatic rings. The largest absolute Gasteiger partial charge is 0.371 e. The van der Waals surface area contributed by atoms with Crippen molar-refractivity contribution in [1.29, 1.82) is 0 Å². The van der Waals surface area contributed by atoms with E-state index in [-0.39, 0.29) is 12.1 Å². The summed E-state index contributed by atoms with van der Waals surface area (Å²) in [6.07, 6.45) is 4.51. The second-order valence-electron chi connectivity index (χ2n) is 8.33. The molecule has 0 spiro atoms. The molecule has 0 N–H and O–H groups in total. The van der Waals surface area contributed by atoms with Gasteiger partial charge in [-0.3, -0.25) is 9.98 Å². The zero-order chi connectivity index (χ0) is 19.3. The third-order valence-corrected chi connectivity index (χ3v) is 7.33. The zero-order valence-electron chi connectivity index (χ0n) is 16.9. The number of pyridine rings is 1. The molecule has 5 rings (SSSR count). The van der Waals surface area contributed by atoms with Crippen LogP contribution in [-0.2, 0) is 0 Å². The highest BCUT2D eigenvalue weighted by molar-refractivity contribution is 8.14. The van der Waals surface area contributed by atoms with E-state index in [1.807, 2.05) is 24.0 Å². The summed E-state index contributed by atoms with van der Waals surface area (Å²) in [6, 6.07) is 11.3. The quantitative estimate of drug-likeness (QED) is 0.744. The number of nitrogens with zero attached hydrogens (tertiary/aromatic N) is 4. The molecule has 28 heavy (non-hydrogen) atoms. The van der Waals surface area contributed by atoms with Crippen molar-refractivity contribution in [2.75, 3.05) is 24.5 Å². The molecule has 0 saturated carbocycles. The monoisotopic (exact) mass is 392 g/mol. The Morgan fingerprint density at radius 1 is 1.07 bits per heavy atom. The number of aromatic nitrogens is 1. The maximum absolute atomic E-state index is 5.13. The van der Waals surface area contributed by atoms with Crippen molar-refractivity contribution in [2.24, 2.45) is 4.99 Å². The van der Waals surface area contributed by atoms with Gasteiger partial charge in [-0.2, -0.15) is 0 Å². The van der Waals surface area contributed by atoms with Crippen LogP contribution in [-0.4, -0.2) is 39.9 Å². The van der Waals surface area contributed by atoms with E-state index in [2.05, 4.69) is 59.8 Å². The first-order valence-corrected chi connectivity index (χ1v) is 11.3. The van der Waals surface area contributed by atoms with Crippen LogP contribution in [0.3, 0.4) is 0 Å². The fourth-order valence-electron chi connectivity index (χ4n) is 4.89. The summed E-state index contributed by atoms with van der Waals surface area (Å²) in [6.45, 7) is 10.3. The van der Waals surface area contributed by atoms with Crippen LogP contribution in [0, 0.1) is 13.8 Å². The van der Waals surface area contributed by atoms with Crippen LogP contribution in [0.4, 0.5) is 5.69 Å². The summed E-state index contributed by atoms with van der Waals surface area (Å²) in [5.74, 6) is 0. The highest BCUT2D eigenvalue weighted by Gasteiger charge is 2.44. The molecule has 0 amide bonds. The summed E-state index contributed by atoms with van der Waals surface area (Å²) in [5, 5.41) is 1.78. The average molecular weight is 393 g/mol. The number of hydrogen-bond acceptors (Lipinski definition) is 5. The number of thioether (sulfide) groups is 1. The van der Waals surface area contributed by atoms with E-state index in [1.54, 1.807) is 0 Å². The number of anilines is 1. The molecule has 4 nitrogen and oxygen atoms in total. The fourth-order valence-corrected chi connectivity index (χ4v) is 5.99. The van der Waals surface area contributed by atoms with E-state index in [0.29, 0.717) is 5.25 Å². The van der Waals surface area contributed by atoms with E-state index in [1.165, 1.54) is 53.5 Å². The number of benzene rings is 1. The maximum atomic E-state index is 5.13. The Bertz CT molecular complexity index is 904. The second kappa shape index (κ2) is 7.11. The second-order valence-corrected chi connectivity index (χ2v) is 9.73. The third-order valence-electron chi connectivity index (χ3n) is 6.23. The average Bonchev–Trinajstić information content (AvgIpc) is 3.40. The number of hydrogen-bond donors (Lipinski definition) is 0. The van der Waals surface area contributed by atoms with Crippen LogP contribution in [0.1, 0.15) is 54.2 Å². The number of rotatable bonds is 3. The van der Waals surface area contributed by atoms with Crippen LogP contribution < -0.4 is 4.90 Å². The zero-order valence-corrected chi connectivity index (χ0v) is 17.7. The molecule has 0 radical (unpaired) electrons. The van der Waals surface area contributed by atoms with Crippen LogP contribution in [0.25, 0.3) is 0 Å². The normalized spacial score (nSPS) is 26.7. The Labute approximate surface area is 172 Å². The number of fused-ring (bicyclic) bond motifs is 1. The van der Waals surface area contributed by atoms with Gasteiger partial charge in [-0.15, -0.1) is 0 Å². The molecule has 4 heterocycles. The van der Waals surface area contributed by atoms with Crippen molar-refractivity contribution in [3.8, 4) is 0 Å². The molecule has 2 saturated heterocycles. The lowest BCUT2D eigenvalue weighted by Gasteiger charge is -2.30. The first-order valence-electron chi connectivity index (χ1n) is 10.4. The van der Waals surface area contributed by atoms with Crippen molar-refractivity contribution < 1.29 is 0 Å². The summed E-state index contributed by atoms with van der Waals surface area (Å²) in [7, 11) is 0. The lowest BCUT2D eigenvalue weighted by Crippen LogP contribution is -2.29. The molecule has 2 aromatic rings. The van der Waals surface area contributed by atoms with Crippen molar-refractivity contribution in [3.05, 3.63) is 58.9 Å². The molecule has 0 unspecified atom stereocenters. The Hall–Kier alpha value is -2.01. The Morgan fingerprint density at radius 2 is 1.89 bits per heavy atom. The Balaban J connectivity index is 1.57. The predicted molar refractivity (Wildman–Crippen MR) is 118 cm³/mol. The van der Waals surface area contributed by atoms with Gasteiger partial charge < -0.3 is 9.80 Å². The van der Waals surface area contributed by atoms with Gasteiger partial charge in [-0.1, -0.05) is 30.8 Å². The van der Waals surface area contributed by atoms with Gasteiger partial charge in [-0.25, -0.2) is 0 Å². The van der Waals surface area contributed by atoms with Gasteiger partial charge in [0.2, 0.25) is 0 Å². The minimum atomic E-state index is 0.0759. The highest BCUT2D eigenvalue weighted by Crippen LogP contribution is 2.48. The summed E-state index contributed by atoms with van der Waals surface area (Å²) in [5.41, 5.74) is 6.65. The van der Waals surface area contributed by atoms with Crippen LogP contribution >= 0.6 is 11.8 Å². The summed E-state index contributed by atoms with van der Waals surface area (Å²) >= 11 is 1.91. The summed E-state index contributed by atoms with van der Waals surface area (Å²) in [4.78, 5) is 14.9. The van der Waals surface area contributed by atoms with Gasteiger partial charge in [-0.05, 0) is 61.6 Å². The molecular weight excluding hydrogens is 364 g/mol. The van der Waals surface area contributed by atoms with E-state index in [4.69, 9.17) is 4.99 Å². The lowest BCUT2D eigenvalue weighted by atomic mass is 9.91. The van der Waals surface area contributed by atoms with Gasteiger partial charge in [0, 0.05) is 36.8 Å². The maximum Gasteiger partial charge on any atom is 0.160 e. The highest BCUT2D eigenvalue weighted by atomic mass is 32.2. The molecule has 146 valence electrons. The van der Waals surface area contributed by atoms with Crippen molar-refractivity contribution in [2.45, 2.75) is 50.9 Å². The summed E-state index contributed by atoms with van der Waals surface area (Å²) < 4.78 is 0. The van der Waals surface area contributed by atoms with Gasteiger partial charge in [0.1, 0.15) is 6.04 Å². The van der Waals surface area contributed by atoms with E-state index in [0.717, 1.165) is 12.2 Å². The number of aliphatic imine (C=N–C) groups is 1. The molecule has 1 aromatic carbocycles. The minimum Gasteiger partial charge on any atom is -0.371 e. The molecule has 0 aliphatic carbocycles. The molecule has 0 bridgehead atoms. The molecular formula is C23H28N4S. The topological polar surface area (TPSA) is 31.7 Å². The van der Waals surface area contributed by atoms with Gasteiger partial charge >= 0.3 is 0 Å². The molecule has 3 atom stereocenters. The molecule has 3 aliphatic heterocycles. The standard InChI is InChI=1S/C23H28N4S/c1-15-13-20(26-10-6-7-11-26)16(2)12-18(15)22-21(19-8-4-5-9-24-19)25-23-27(22)14-17(3)28-23/h4-5,8-9,12-13,17,21-22H,6-7,10-11,14H2,1-3H3/t17-,21+,22+/m0/s1. The van der Waals surface area contributed by atoms with Gasteiger partial charge in [0.25, 0.3) is 0 Å². The molecule has 2 fully saturated rings. The number of aryl methyl sites for hydroxylation is 2. The molecule has 1 aromatic heterocycles. The smallest absolute Gasteiger partial charge is 0.160 e. The Kier molecular flexibility index (Phi) is 4.58. The SMILES string of the molecule is Cc1cc(N2CCCC2)c(C)cc1[C@@H]1[C@@H](c2ccccn2)N=C2S[C@@H](C)CN21. The van der Waals surface area contributed by atoms with Crippen molar-refractivity contribution in [3.63, 3.8) is 0 Å². The van der Waals surface area contributed by atoms with Crippen LogP contribution in [0.2, 0.25) is 0 Å². The fraction of sp³-hybridized carbons (Fsp3) is 0.478. The van der Waals surface area contributed by atoms with Gasteiger partial charge in [0.15, 0.2) is 5.17 Å². The predicted octanol–water partition coefficient (Wildman–Crippen LogP) is 4.89. The first-order chi connectivity index (χ1) is 13.6. The van der Waals surface area contributed by atoms with Crippen LogP contribution in [0.5, 0.6) is 0 Å². The van der Waals surface area contributed by atoms with Crippen LogP contribution in [0.15, 0.2) is 41.5 Å². The van der Waals surface area contributed by atoms with E-state index in [9.17, 15) is 0 Å². The van der Waals surface area contributed by atoms with Crippen molar-refractivity contribution in [1.82, 2.24) is 9.88 Å². The lowest BCUT2D eigenvalue weighted by molar-refractivity contribution is 0.320. The van der Waals surface area contributed by atoms with Crippen molar-refractivity contribution >= 4 is 22.6 Å². The number of amidine groups is 1. The molecule has 5 heteroatoms. The van der Waals surface area contributed by atoms with Gasteiger partial charge in [0.05, 0.1) is 11.7 Å².